The smallest absolute Gasteiger partial charge is 0.159 e. The van der Waals surface area contributed by atoms with Crippen molar-refractivity contribution < 1.29 is 4.79 Å². The quantitative estimate of drug-likeness (QED) is 0.732. The Morgan fingerprint density at radius 2 is 1.84 bits per heavy atom. The average molecular weight is 282 g/mol. The van der Waals surface area contributed by atoms with E-state index in [-0.39, 0.29) is 5.54 Å². The Balaban J connectivity index is 2.94. The molecule has 0 aliphatic heterocycles. The van der Waals surface area contributed by atoms with Crippen molar-refractivity contribution in [3.8, 4) is 0 Å². The number of aryl methyl sites for hydroxylation is 1. The van der Waals surface area contributed by atoms with Crippen LogP contribution in [0.3, 0.4) is 0 Å². The molecule has 0 saturated heterocycles. The molecule has 0 fully saturated rings. The van der Waals surface area contributed by atoms with Crippen LogP contribution in [0.1, 0.15) is 51.2 Å². The van der Waals surface area contributed by atoms with Gasteiger partial charge in [0.05, 0.1) is 22.7 Å². The Morgan fingerprint density at radius 3 is 2.21 bits per heavy atom. The van der Waals surface area contributed by atoms with Crippen LogP contribution in [0, 0.1) is 6.92 Å². The Labute approximate surface area is 121 Å². The number of nitrogens with zero attached hydrogens (tertiary/aromatic N) is 2. The van der Waals surface area contributed by atoms with Gasteiger partial charge in [-0.2, -0.15) is 0 Å². The van der Waals surface area contributed by atoms with E-state index in [1.54, 1.807) is 11.3 Å². The topological polar surface area (TPSA) is 33.2 Å². The standard InChI is InChI=1S/C15H26N2OS/c1-6-15(7-2,17(8-3)9-4)14(18)10-13-11-19-12(5)16-13/h11H,6-10H2,1-5H3. The lowest BCUT2D eigenvalue weighted by Crippen LogP contribution is -2.54. The van der Waals surface area contributed by atoms with E-state index in [2.05, 4.69) is 37.6 Å². The molecule has 0 saturated carbocycles. The number of hydrogen-bond acceptors (Lipinski definition) is 4. The van der Waals surface area contributed by atoms with E-state index in [9.17, 15) is 4.79 Å². The summed E-state index contributed by atoms with van der Waals surface area (Å²) in [5, 5.41) is 3.04. The van der Waals surface area contributed by atoms with Crippen molar-refractivity contribution in [1.29, 1.82) is 0 Å². The highest BCUT2D eigenvalue weighted by molar-refractivity contribution is 7.09. The zero-order valence-electron chi connectivity index (χ0n) is 12.8. The molecule has 108 valence electrons. The van der Waals surface area contributed by atoms with Crippen LogP contribution in [0.2, 0.25) is 0 Å². The van der Waals surface area contributed by atoms with Crippen molar-refractivity contribution in [2.45, 2.75) is 59.4 Å². The van der Waals surface area contributed by atoms with Gasteiger partial charge in [0.15, 0.2) is 5.78 Å². The molecule has 0 aliphatic carbocycles. The summed E-state index contributed by atoms with van der Waals surface area (Å²) in [5.74, 6) is 0.312. The molecule has 0 aliphatic rings. The SMILES string of the molecule is CCN(CC)C(CC)(CC)C(=O)Cc1csc(C)n1. The Kier molecular flexibility index (Phi) is 6.14. The first-order valence-electron chi connectivity index (χ1n) is 7.23. The molecule has 0 bridgehead atoms. The molecule has 3 nitrogen and oxygen atoms in total. The van der Waals surface area contributed by atoms with Gasteiger partial charge in [0.2, 0.25) is 0 Å². The lowest BCUT2D eigenvalue weighted by Gasteiger charge is -2.41. The van der Waals surface area contributed by atoms with Gasteiger partial charge in [-0.05, 0) is 32.9 Å². The van der Waals surface area contributed by atoms with Crippen molar-refractivity contribution in [2.75, 3.05) is 13.1 Å². The van der Waals surface area contributed by atoms with Gasteiger partial charge in [0.25, 0.3) is 0 Å². The largest absolute Gasteiger partial charge is 0.297 e. The molecule has 0 N–H and O–H groups in total. The van der Waals surface area contributed by atoms with Crippen molar-refractivity contribution in [1.82, 2.24) is 9.88 Å². The zero-order valence-corrected chi connectivity index (χ0v) is 13.6. The first kappa shape index (κ1) is 16.3. The Bertz CT molecular complexity index is 406. The summed E-state index contributed by atoms with van der Waals surface area (Å²) < 4.78 is 0. The molecular weight excluding hydrogens is 256 g/mol. The molecule has 1 rings (SSSR count). The van der Waals surface area contributed by atoms with Crippen molar-refractivity contribution in [2.24, 2.45) is 0 Å². The Hall–Kier alpha value is -0.740. The second-order valence-corrected chi connectivity index (χ2v) is 5.93. The highest BCUT2D eigenvalue weighted by Crippen LogP contribution is 2.27. The van der Waals surface area contributed by atoms with Crippen LogP contribution in [0.25, 0.3) is 0 Å². The monoisotopic (exact) mass is 282 g/mol. The van der Waals surface area contributed by atoms with Gasteiger partial charge in [-0.15, -0.1) is 11.3 Å². The molecule has 0 amide bonds. The zero-order chi connectivity index (χ0) is 14.5. The fraction of sp³-hybridized carbons (Fsp3) is 0.733. The maximum Gasteiger partial charge on any atom is 0.159 e. The van der Waals surface area contributed by atoms with E-state index in [4.69, 9.17) is 0 Å². The lowest BCUT2D eigenvalue weighted by molar-refractivity contribution is -0.131. The van der Waals surface area contributed by atoms with Crippen molar-refractivity contribution in [3.63, 3.8) is 0 Å². The number of hydrogen-bond donors (Lipinski definition) is 0. The van der Waals surface area contributed by atoms with Gasteiger partial charge >= 0.3 is 0 Å². The molecule has 4 heteroatoms. The minimum Gasteiger partial charge on any atom is -0.297 e. The van der Waals surface area contributed by atoms with E-state index in [0.717, 1.165) is 36.6 Å². The second kappa shape index (κ2) is 7.15. The molecule has 0 unspecified atom stereocenters. The van der Waals surface area contributed by atoms with E-state index < -0.39 is 0 Å². The Morgan fingerprint density at radius 1 is 1.26 bits per heavy atom. The van der Waals surface area contributed by atoms with Crippen LogP contribution >= 0.6 is 11.3 Å². The maximum absolute atomic E-state index is 12.8. The van der Waals surface area contributed by atoms with Crippen LogP contribution in [0.4, 0.5) is 0 Å². The number of carbonyl (C=O) groups excluding carboxylic acids is 1. The van der Waals surface area contributed by atoms with Crippen LogP contribution in [0.15, 0.2) is 5.38 Å². The van der Waals surface area contributed by atoms with E-state index in [0.29, 0.717) is 12.2 Å². The number of Topliss-reactive ketones (excluding diaryl/α,β-unsaturated/α-hetero) is 1. The first-order chi connectivity index (χ1) is 9.03. The van der Waals surface area contributed by atoms with Gasteiger partial charge in [0, 0.05) is 5.38 Å². The second-order valence-electron chi connectivity index (χ2n) is 4.87. The minimum atomic E-state index is -0.318. The molecule has 0 atom stereocenters. The number of rotatable bonds is 8. The molecule has 0 radical (unpaired) electrons. The summed E-state index contributed by atoms with van der Waals surface area (Å²) in [6, 6.07) is 0. The van der Waals surface area contributed by atoms with Gasteiger partial charge in [-0.1, -0.05) is 27.7 Å². The predicted octanol–water partition coefficient (Wildman–Crippen LogP) is 3.46. The van der Waals surface area contributed by atoms with Crippen LogP contribution in [0.5, 0.6) is 0 Å². The molecule has 0 spiro atoms. The number of aromatic nitrogens is 1. The van der Waals surface area contributed by atoms with Gasteiger partial charge in [-0.25, -0.2) is 4.98 Å². The summed E-state index contributed by atoms with van der Waals surface area (Å²) in [6.45, 7) is 12.3. The molecular formula is C15H26N2OS. The van der Waals surface area contributed by atoms with Crippen LogP contribution in [-0.2, 0) is 11.2 Å². The van der Waals surface area contributed by atoms with E-state index in [1.807, 2.05) is 12.3 Å². The molecule has 0 aromatic carbocycles. The third-order valence-corrected chi connectivity index (χ3v) is 4.89. The molecule has 1 aromatic heterocycles. The van der Waals surface area contributed by atoms with E-state index >= 15 is 0 Å². The maximum atomic E-state index is 12.8. The molecule has 19 heavy (non-hydrogen) atoms. The average Bonchev–Trinajstić information content (AvgIpc) is 2.81. The van der Waals surface area contributed by atoms with Crippen molar-refractivity contribution >= 4 is 17.1 Å². The first-order valence-corrected chi connectivity index (χ1v) is 8.11. The highest BCUT2D eigenvalue weighted by atomic mass is 32.1. The molecule has 1 heterocycles. The normalized spacial score (nSPS) is 12.1. The fourth-order valence-electron chi connectivity index (χ4n) is 2.92. The summed E-state index contributed by atoms with van der Waals surface area (Å²) in [4.78, 5) is 19.5. The lowest BCUT2D eigenvalue weighted by atomic mass is 9.83. The minimum absolute atomic E-state index is 0.312. The van der Waals surface area contributed by atoms with Crippen LogP contribution in [-0.4, -0.2) is 34.3 Å². The number of likely N-dealkylation sites (N-methyl/N-ethyl adjacent to an activating group) is 1. The number of thiazole rings is 1. The summed E-state index contributed by atoms with van der Waals surface area (Å²) in [6.07, 6.45) is 2.20. The third kappa shape index (κ3) is 3.42. The molecule has 1 aromatic rings. The number of carbonyl (C=O) groups is 1. The van der Waals surface area contributed by atoms with Gasteiger partial charge < -0.3 is 0 Å². The van der Waals surface area contributed by atoms with E-state index in [1.165, 1.54) is 0 Å². The van der Waals surface area contributed by atoms with Crippen LogP contribution < -0.4 is 0 Å². The van der Waals surface area contributed by atoms with Gasteiger partial charge in [0.1, 0.15) is 0 Å². The van der Waals surface area contributed by atoms with Crippen molar-refractivity contribution in [3.05, 3.63) is 16.1 Å². The van der Waals surface area contributed by atoms with Gasteiger partial charge in [-0.3, -0.25) is 9.69 Å². The highest BCUT2D eigenvalue weighted by Gasteiger charge is 2.38. The number of ketones is 1. The summed E-state index contributed by atoms with van der Waals surface area (Å²) >= 11 is 1.62. The predicted molar refractivity (Wildman–Crippen MR) is 81.8 cm³/mol. The summed E-state index contributed by atoms with van der Waals surface area (Å²) in [5.41, 5.74) is 0.604. The fourth-order valence-corrected chi connectivity index (χ4v) is 3.53. The third-order valence-electron chi connectivity index (χ3n) is 4.07. The summed E-state index contributed by atoms with van der Waals surface area (Å²) in [7, 11) is 0.